The molecule has 2 aromatic rings. The Balaban J connectivity index is 1.88. The molecule has 1 amide bonds. The van der Waals surface area contributed by atoms with Crippen LogP contribution >= 0.6 is 11.6 Å². The van der Waals surface area contributed by atoms with Gasteiger partial charge in [-0.15, -0.1) is 0 Å². The Bertz CT molecular complexity index is 947. The third-order valence-corrected chi connectivity index (χ3v) is 6.17. The van der Waals surface area contributed by atoms with Gasteiger partial charge in [0.2, 0.25) is 10.0 Å². The maximum absolute atomic E-state index is 13.1. The van der Waals surface area contributed by atoms with Crippen molar-refractivity contribution in [3.8, 4) is 5.69 Å². The van der Waals surface area contributed by atoms with E-state index in [0.29, 0.717) is 36.8 Å². The maximum Gasteiger partial charge on any atom is 0.257 e. The Labute approximate surface area is 164 Å². The second-order valence-electron chi connectivity index (χ2n) is 6.94. The van der Waals surface area contributed by atoms with Crippen molar-refractivity contribution in [2.24, 2.45) is 0 Å². The fourth-order valence-corrected chi connectivity index (χ4v) is 4.30. The van der Waals surface area contributed by atoms with Crippen molar-refractivity contribution >= 4 is 27.5 Å². The lowest BCUT2D eigenvalue weighted by atomic mass is 10.0. The van der Waals surface area contributed by atoms with Crippen molar-refractivity contribution in [3.63, 3.8) is 0 Å². The molecule has 9 heteroatoms. The Morgan fingerprint density at radius 3 is 2.41 bits per heavy atom. The van der Waals surface area contributed by atoms with Gasteiger partial charge in [0.25, 0.3) is 5.91 Å². The van der Waals surface area contributed by atoms with Crippen LogP contribution in [0.15, 0.2) is 30.5 Å². The number of piperazine rings is 1. The molecule has 1 aromatic carbocycles. The average Bonchev–Trinajstić information content (AvgIpc) is 3.06. The van der Waals surface area contributed by atoms with Gasteiger partial charge in [-0.05, 0) is 24.1 Å². The largest absolute Gasteiger partial charge is 0.336 e. The first-order chi connectivity index (χ1) is 12.7. The van der Waals surface area contributed by atoms with E-state index in [9.17, 15) is 13.2 Å². The molecule has 1 aliphatic heterocycles. The minimum Gasteiger partial charge on any atom is -0.336 e. The third kappa shape index (κ3) is 4.17. The fourth-order valence-electron chi connectivity index (χ4n) is 3.29. The number of hydrogen-bond donors (Lipinski definition) is 0. The highest BCUT2D eigenvalue weighted by Crippen LogP contribution is 2.26. The van der Waals surface area contributed by atoms with E-state index in [0.717, 1.165) is 11.4 Å². The van der Waals surface area contributed by atoms with Crippen molar-refractivity contribution in [1.29, 1.82) is 0 Å². The first-order valence-electron chi connectivity index (χ1n) is 8.76. The van der Waals surface area contributed by atoms with E-state index >= 15 is 0 Å². The molecule has 0 unspecified atom stereocenters. The van der Waals surface area contributed by atoms with Crippen LogP contribution in [-0.2, 0) is 10.0 Å². The number of halogens is 1. The highest BCUT2D eigenvalue weighted by atomic mass is 35.5. The predicted molar refractivity (Wildman–Crippen MR) is 105 cm³/mol. The van der Waals surface area contributed by atoms with Gasteiger partial charge >= 0.3 is 0 Å². The summed E-state index contributed by atoms with van der Waals surface area (Å²) in [5.41, 5.74) is 2.15. The van der Waals surface area contributed by atoms with Crippen LogP contribution in [0.3, 0.4) is 0 Å². The van der Waals surface area contributed by atoms with Gasteiger partial charge in [0, 0.05) is 31.2 Å². The minimum atomic E-state index is -3.23. The second kappa shape index (κ2) is 7.61. The van der Waals surface area contributed by atoms with Gasteiger partial charge in [0.15, 0.2) is 0 Å². The molecule has 7 nitrogen and oxygen atoms in total. The van der Waals surface area contributed by atoms with E-state index in [4.69, 9.17) is 11.6 Å². The smallest absolute Gasteiger partial charge is 0.257 e. The molecule has 0 saturated carbocycles. The van der Waals surface area contributed by atoms with Crippen molar-refractivity contribution in [3.05, 3.63) is 46.7 Å². The molecule has 2 heterocycles. The van der Waals surface area contributed by atoms with Crippen LogP contribution < -0.4 is 0 Å². The van der Waals surface area contributed by atoms with Crippen LogP contribution in [0, 0.1) is 0 Å². The van der Waals surface area contributed by atoms with E-state index in [2.05, 4.69) is 5.10 Å². The molecule has 0 radical (unpaired) electrons. The molecular weight excluding hydrogens is 388 g/mol. The van der Waals surface area contributed by atoms with Crippen LogP contribution in [0.5, 0.6) is 0 Å². The van der Waals surface area contributed by atoms with Crippen LogP contribution in [0.4, 0.5) is 0 Å². The number of carbonyl (C=O) groups excluding carboxylic acids is 1. The van der Waals surface area contributed by atoms with E-state index in [1.54, 1.807) is 27.9 Å². The molecule has 1 fully saturated rings. The summed E-state index contributed by atoms with van der Waals surface area (Å²) in [6, 6.07) is 7.33. The van der Waals surface area contributed by atoms with Crippen molar-refractivity contribution in [2.45, 2.75) is 19.8 Å². The Hall–Kier alpha value is -1.90. The first kappa shape index (κ1) is 19.9. The number of sulfonamides is 1. The molecule has 1 saturated heterocycles. The van der Waals surface area contributed by atoms with Crippen LogP contribution in [0.25, 0.3) is 5.69 Å². The summed E-state index contributed by atoms with van der Waals surface area (Å²) < 4.78 is 26.5. The summed E-state index contributed by atoms with van der Waals surface area (Å²) in [6.07, 6.45) is 2.78. The van der Waals surface area contributed by atoms with Gasteiger partial charge in [0.1, 0.15) is 0 Å². The lowest BCUT2D eigenvalue weighted by molar-refractivity contribution is 0.0696. The molecule has 27 heavy (non-hydrogen) atoms. The predicted octanol–water partition coefficient (Wildman–Crippen LogP) is 2.37. The zero-order valence-corrected chi connectivity index (χ0v) is 17.2. The lowest BCUT2D eigenvalue weighted by Crippen LogP contribution is -2.50. The van der Waals surface area contributed by atoms with E-state index < -0.39 is 10.0 Å². The minimum absolute atomic E-state index is 0.0720. The van der Waals surface area contributed by atoms with Gasteiger partial charge < -0.3 is 4.90 Å². The van der Waals surface area contributed by atoms with E-state index in [-0.39, 0.29) is 11.8 Å². The summed E-state index contributed by atoms with van der Waals surface area (Å²) in [6.45, 7) is 5.37. The molecule has 1 aromatic heterocycles. The van der Waals surface area contributed by atoms with E-state index in [1.165, 1.54) is 10.6 Å². The monoisotopic (exact) mass is 410 g/mol. The molecule has 3 rings (SSSR count). The Morgan fingerprint density at radius 1 is 1.19 bits per heavy atom. The quantitative estimate of drug-likeness (QED) is 0.775. The Kier molecular flexibility index (Phi) is 5.60. The zero-order chi connectivity index (χ0) is 19.8. The van der Waals surface area contributed by atoms with Gasteiger partial charge in [-0.1, -0.05) is 31.5 Å². The summed E-state index contributed by atoms with van der Waals surface area (Å²) >= 11 is 6.10. The van der Waals surface area contributed by atoms with E-state index in [1.807, 2.05) is 26.0 Å². The zero-order valence-electron chi connectivity index (χ0n) is 15.6. The number of amides is 1. The average molecular weight is 411 g/mol. The second-order valence-corrected chi connectivity index (χ2v) is 9.36. The summed E-state index contributed by atoms with van der Waals surface area (Å²) in [4.78, 5) is 14.8. The van der Waals surface area contributed by atoms with Gasteiger partial charge in [0.05, 0.1) is 29.4 Å². The van der Waals surface area contributed by atoms with Crippen molar-refractivity contribution in [1.82, 2.24) is 19.0 Å². The summed E-state index contributed by atoms with van der Waals surface area (Å²) in [5, 5.41) is 5.02. The highest BCUT2D eigenvalue weighted by molar-refractivity contribution is 7.88. The number of nitrogens with zero attached hydrogens (tertiary/aromatic N) is 4. The van der Waals surface area contributed by atoms with Crippen LogP contribution in [0.2, 0.25) is 5.02 Å². The maximum atomic E-state index is 13.1. The summed E-state index contributed by atoms with van der Waals surface area (Å²) in [7, 11) is -3.23. The van der Waals surface area contributed by atoms with Crippen molar-refractivity contribution < 1.29 is 13.2 Å². The normalized spacial score (nSPS) is 16.1. The molecule has 146 valence electrons. The van der Waals surface area contributed by atoms with Gasteiger partial charge in [-0.25, -0.2) is 13.1 Å². The molecule has 0 aliphatic carbocycles. The third-order valence-electron chi connectivity index (χ3n) is 4.63. The van der Waals surface area contributed by atoms with Gasteiger partial charge in [-0.2, -0.15) is 9.40 Å². The SMILES string of the molecule is CC(C)c1c(C(=O)N2CCN(S(C)(=O)=O)CC2)cnn1-c1cccc(Cl)c1. The first-order valence-corrected chi connectivity index (χ1v) is 11.0. The molecule has 0 spiro atoms. The topological polar surface area (TPSA) is 75.5 Å². The molecule has 1 aliphatic rings. The lowest BCUT2D eigenvalue weighted by Gasteiger charge is -2.33. The van der Waals surface area contributed by atoms with Gasteiger partial charge in [-0.3, -0.25) is 4.79 Å². The van der Waals surface area contributed by atoms with Crippen LogP contribution in [-0.4, -0.2) is 65.7 Å². The number of rotatable bonds is 4. The molecular formula is C18H23ClN4O3S. The Morgan fingerprint density at radius 2 is 1.85 bits per heavy atom. The van der Waals surface area contributed by atoms with Crippen LogP contribution in [0.1, 0.15) is 35.8 Å². The standard InChI is InChI=1S/C18H23ClN4O3S/c1-13(2)17-16(12-20-23(17)15-6-4-5-14(19)11-15)18(24)21-7-9-22(10-8-21)27(3,25)26/h4-6,11-13H,7-10H2,1-3H3. The number of benzene rings is 1. The number of hydrogen-bond acceptors (Lipinski definition) is 4. The fraction of sp³-hybridized carbons (Fsp3) is 0.444. The number of carbonyl (C=O) groups is 1. The molecule has 0 atom stereocenters. The molecule has 0 N–H and O–H groups in total. The summed E-state index contributed by atoms with van der Waals surface area (Å²) in [5.74, 6) is -0.0529. The highest BCUT2D eigenvalue weighted by Gasteiger charge is 2.29. The number of aromatic nitrogens is 2. The molecule has 0 bridgehead atoms. The van der Waals surface area contributed by atoms with Crippen molar-refractivity contribution in [2.75, 3.05) is 32.4 Å².